The summed E-state index contributed by atoms with van der Waals surface area (Å²) in [7, 11) is 0. The molecule has 30 heavy (non-hydrogen) atoms. The van der Waals surface area contributed by atoms with Crippen LogP contribution in [0.25, 0.3) is 16.6 Å². The summed E-state index contributed by atoms with van der Waals surface area (Å²) in [5, 5.41) is 3.56. The smallest absolute Gasteiger partial charge is 0.325 e. The fraction of sp³-hybridized carbons (Fsp3) is 0.182. The normalized spacial score (nSPS) is 19.1. The maximum absolute atomic E-state index is 13.2. The van der Waals surface area contributed by atoms with Crippen LogP contribution in [-0.2, 0) is 16.9 Å². The number of pyridine rings is 1. The molecule has 0 radical (unpaired) electrons. The van der Waals surface area contributed by atoms with Crippen molar-refractivity contribution in [3.05, 3.63) is 82.1 Å². The lowest BCUT2D eigenvalue weighted by Crippen LogP contribution is -2.40. The molecule has 0 bridgehead atoms. The quantitative estimate of drug-likeness (QED) is 0.532. The van der Waals surface area contributed by atoms with Gasteiger partial charge in [-0.15, -0.1) is 0 Å². The Kier molecular flexibility index (Phi) is 3.79. The molecule has 5 rings (SSSR count). The van der Waals surface area contributed by atoms with Gasteiger partial charge in [0.2, 0.25) is 0 Å². The van der Waals surface area contributed by atoms with Crippen molar-refractivity contribution in [2.24, 2.45) is 0 Å². The molecule has 4 aromatic rings. The fourth-order valence-electron chi connectivity index (χ4n) is 3.79. The summed E-state index contributed by atoms with van der Waals surface area (Å²) >= 11 is 0. The summed E-state index contributed by atoms with van der Waals surface area (Å²) in [4.78, 5) is 43.8. The van der Waals surface area contributed by atoms with Crippen molar-refractivity contribution in [3.63, 3.8) is 0 Å². The summed E-state index contributed by atoms with van der Waals surface area (Å²) < 4.78 is 7.27. The van der Waals surface area contributed by atoms with Crippen LogP contribution in [0.4, 0.5) is 4.79 Å². The Labute approximate surface area is 170 Å². The Bertz CT molecular complexity index is 1370. The van der Waals surface area contributed by atoms with Crippen LogP contribution in [0.15, 0.2) is 63.9 Å². The highest BCUT2D eigenvalue weighted by atomic mass is 16.3. The van der Waals surface area contributed by atoms with E-state index in [1.807, 2.05) is 31.2 Å². The number of imide groups is 1. The third-order valence-electron chi connectivity index (χ3n) is 5.45. The van der Waals surface area contributed by atoms with Crippen LogP contribution in [0.3, 0.4) is 0 Å². The summed E-state index contributed by atoms with van der Waals surface area (Å²) in [6.45, 7) is 3.34. The molecule has 3 amide bonds. The Hall–Kier alpha value is -3.94. The highest BCUT2D eigenvalue weighted by molar-refractivity contribution is 6.07. The molecule has 1 aliphatic rings. The van der Waals surface area contributed by atoms with Crippen LogP contribution in [-0.4, -0.2) is 26.2 Å². The predicted octanol–water partition coefficient (Wildman–Crippen LogP) is 2.72. The number of aryl methyl sites for hydroxylation is 1. The van der Waals surface area contributed by atoms with Crippen LogP contribution in [0.2, 0.25) is 0 Å². The lowest BCUT2D eigenvalue weighted by Gasteiger charge is -2.19. The molecule has 8 heteroatoms. The SMILES string of the molecule is Cc1cccn2c(=O)cc(CN3C(=O)NC(C)(c4cc5ccccc5o4)C3=O)nc12. The zero-order valence-electron chi connectivity index (χ0n) is 16.4. The van der Waals surface area contributed by atoms with E-state index in [9.17, 15) is 14.4 Å². The van der Waals surface area contributed by atoms with Gasteiger partial charge in [0.15, 0.2) is 5.54 Å². The number of benzene rings is 1. The topological polar surface area (TPSA) is 96.9 Å². The number of nitrogens with zero attached hydrogens (tertiary/aromatic N) is 3. The van der Waals surface area contributed by atoms with E-state index in [2.05, 4.69) is 10.3 Å². The number of urea groups is 1. The van der Waals surface area contributed by atoms with E-state index in [4.69, 9.17) is 4.42 Å². The molecule has 4 heterocycles. The Morgan fingerprint density at radius 1 is 1.10 bits per heavy atom. The number of carbonyl (C=O) groups excluding carboxylic acids is 2. The number of carbonyl (C=O) groups is 2. The van der Waals surface area contributed by atoms with Gasteiger partial charge < -0.3 is 9.73 Å². The molecular weight excluding hydrogens is 384 g/mol. The van der Waals surface area contributed by atoms with Gasteiger partial charge >= 0.3 is 6.03 Å². The molecule has 0 saturated carbocycles. The van der Waals surface area contributed by atoms with Crippen molar-refractivity contribution in [1.82, 2.24) is 19.6 Å². The van der Waals surface area contributed by atoms with Crippen LogP contribution in [0.1, 0.15) is 23.9 Å². The Balaban J connectivity index is 1.51. The summed E-state index contributed by atoms with van der Waals surface area (Å²) in [5.74, 6) is -0.106. The van der Waals surface area contributed by atoms with Crippen molar-refractivity contribution in [2.75, 3.05) is 0 Å². The van der Waals surface area contributed by atoms with Crippen molar-refractivity contribution in [1.29, 1.82) is 0 Å². The fourth-order valence-corrected chi connectivity index (χ4v) is 3.79. The first-order valence-electron chi connectivity index (χ1n) is 9.48. The second kappa shape index (κ2) is 6.28. The average Bonchev–Trinajstić information content (AvgIpc) is 3.25. The summed E-state index contributed by atoms with van der Waals surface area (Å²) in [6.07, 6.45) is 1.63. The minimum atomic E-state index is -1.34. The lowest BCUT2D eigenvalue weighted by molar-refractivity contribution is -0.132. The zero-order valence-corrected chi connectivity index (χ0v) is 16.4. The van der Waals surface area contributed by atoms with Crippen molar-refractivity contribution in [2.45, 2.75) is 25.9 Å². The van der Waals surface area contributed by atoms with E-state index in [1.165, 1.54) is 10.5 Å². The minimum Gasteiger partial charge on any atom is -0.458 e. The average molecular weight is 402 g/mol. The number of hydrogen-bond acceptors (Lipinski definition) is 5. The van der Waals surface area contributed by atoms with Crippen molar-refractivity contribution < 1.29 is 14.0 Å². The number of nitrogens with one attached hydrogen (secondary N) is 1. The Morgan fingerprint density at radius 2 is 1.90 bits per heavy atom. The highest BCUT2D eigenvalue weighted by Gasteiger charge is 2.51. The van der Waals surface area contributed by atoms with Crippen LogP contribution < -0.4 is 10.9 Å². The molecule has 1 fully saturated rings. The van der Waals surface area contributed by atoms with E-state index >= 15 is 0 Å². The van der Waals surface area contributed by atoms with Gasteiger partial charge in [0, 0.05) is 17.6 Å². The molecule has 1 aliphatic heterocycles. The second-order valence-corrected chi connectivity index (χ2v) is 7.57. The molecule has 150 valence electrons. The molecule has 1 atom stereocenters. The molecule has 0 aliphatic carbocycles. The van der Waals surface area contributed by atoms with Crippen molar-refractivity contribution >= 4 is 28.6 Å². The number of fused-ring (bicyclic) bond motifs is 2. The largest absolute Gasteiger partial charge is 0.458 e. The third kappa shape index (κ3) is 2.61. The van der Waals surface area contributed by atoms with Crippen LogP contribution >= 0.6 is 0 Å². The first kappa shape index (κ1) is 18.1. The monoisotopic (exact) mass is 402 g/mol. The maximum atomic E-state index is 13.2. The number of amides is 3. The van der Waals surface area contributed by atoms with Gasteiger partial charge in [-0.2, -0.15) is 0 Å². The number of para-hydroxylation sites is 1. The third-order valence-corrected chi connectivity index (χ3v) is 5.45. The summed E-state index contributed by atoms with van der Waals surface area (Å²) in [5.41, 5.74) is 0.678. The number of rotatable bonds is 3. The summed E-state index contributed by atoms with van der Waals surface area (Å²) in [6, 6.07) is 13.5. The maximum Gasteiger partial charge on any atom is 0.325 e. The van der Waals surface area contributed by atoms with Gasteiger partial charge in [-0.1, -0.05) is 24.3 Å². The molecule has 1 aromatic carbocycles. The Morgan fingerprint density at radius 3 is 2.70 bits per heavy atom. The van der Waals surface area contributed by atoms with E-state index in [1.54, 1.807) is 31.3 Å². The molecule has 1 N–H and O–H groups in total. The van der Waals surface area contributed by atoms with Crippen LogP contribution in [0.5, 0.6) is 0 Å². The number of furan rings is 1. The van der Waals surface area contributed by atoms with E-state index < -0.39 is 17.5 Å². The zero-order chi connectivity index (χ0) is 21.0. The standard InChI is InChI=1S/C22H18N4O4/c1-13-6-5-9-25-18(27)11-15(23-19(13)25)12-26-20(28)22(2,24-21(26)29)17-10-14-7-3-4-8-16(14)30-17/h3-11H,12H2,1-2H3,(H,24,29). The number of aromatic nitrogens is 2. The highest BCUT2D eigenvalue weighted by Crippen LogP contribution is 2.33. The molecule has 8 nitrogen and oxygen atoms in total. The first-order valence-corrected chi connectivity index (χ1v) is 9.48. The van der Waals surface area contributed by atoms with Gasteiger partial charge in [0.1, 0.15) is 17.0 Å². The molecular formula is C22H18N4O4. The van der Waals surface area contributed by atoms with Gasteiger partial charge in [-0.25, -0.2) is 9.78 Å². The van der Waals surface area contributed by atoms with E-state index in [0.29, 0.717) is 22.7 Å². The van der Waals surface area contributed by atoms with Gasteiger partial charge in [0.25, 0.3) is 11.5 Å². The van der Waals surface area contributed by atoms with Gasteiger partial charge in [0.05, 0.1) is 12.2 Å². The second-order valence-electron chi connectivity index (χ2n) is 7.57. The van der Waals surface area contributed by atoms with Crippen molar-refractivity contribution in [3.8, 4) is 0 Å². The molecule has 1 unspecified atom stereocenters. The minimum absolute atomic E-state index is 0.111. The van der Waals surface area contributed by atoms with E-state index in [-0.39, 0.29) is 12.1 Å². The molecule has 0 spiro atoms. The predicted molar refractivity (Wildman–Crippen MR) is 109 cm³/mol. The molecule has 3 aromatic heterocycles. The van der Waals surface area contributed by atoms with Gasteiger partial charge in [-0.3, -0.25) is 18.9 Å². The molecule has 1 saturated heterocycles. The van der Waals surface area contributed by atoms with Gasteiger partial charge in [-0.05, 0) is 37.6 Å². The van der Waals surface area contributed by atoms with E-state index in [0.717, 1.165) is 15.8 Å². The lowest BCUT2D eigenvalue weighted by atomic mass is 9.99. The first-order chi connectivity index (χ1) is 14.4. The number of hydrogen-bond donors (Lipinski definition) is 1. The van der Waals surface area contributed by atoms with Crippen LogP contribution in [0, 0.1) is 6.92 Å².